The molecule has 4 rings (SSSR count). The van der Waals surface area contributed by atoms with Crippen LogP contribution < -0.4 is 16.2 Å². The summed E-state index contributed by atoms with van der Waals surface area (Å²) in [6, 6.07) is 15.7. The van der Waals surface area contributed by atoms with Crippen molar-refractivity contribution in [3.05, 3.63) is 54.6 Å². The molecule has 1 aliphatic carbocycles. The molecule has 0 amide bonds. The summed E-state index contributed by atoms with van der Waals surface area (Å²) in [4.78, 5) is 13.1. The summed E-state index contributed by atoms with van der Waals surface area (Å²) in [5.41, 5.74) is 9.37. The second kappa shape index (κ2) is 10.2. The number of carbonyl (C=O) groups excluding carboxylic acids is 1. The van der Waals surface area contributed by atoms with Gasteiger partial charge in [0.1, 0.15) is 34.7 Å². The summed E-state index contributed by atoms with van der Waals surface area (Å²) < 4.78 is 61.2. The lowest BCUT2D eigenvalue weighted by atomic mass is 9.78. The molecule has 39 heavy (non-hydrogen) atoms. The zero-order valence-corrected chi connectivity index (χ0v) is 23.0. The van der Waals surface area contributed by atoms with Gasteiger partial charge >= 0.3 is 12.1 Å². The van der Waals surface area contributed by atoms with Crippen LogP contribution >= 0.6 is 0 Å². The number of halogens is 3. The standard InChI is InChI=1S/C30H37F3N2O4/c1-27(2,35)17-23(34)28(3,4)26(36)39-25-14-13-24(29(25,5)30(31,32)33)37-20-12-11-19-15-21(38-22(19)16-20)18-9-7-6-8-10-18/h6-12,15-16,23-25H,13-14,17,34-35H2,1-5H3. The van der Waals surface area contributed by atoms with Crippen LogP contribution in [0, 0.1) is 10.8 Å². The maximum Gasteiger partial charge on any atom is 0.401 e. The van der Waals surface area contributed by atoms with Crippen LogP contribution in [-0.4, -0.2) is 35.9 Å². The molecule has 4 atom stereocenters. The molecular weight excluding hydrogens is 509 g/mol. The summed E-state index contributed by atoms with van der Waals surface area (Å²) in [5.74, 6) is 0.108. The second-order valence-corrected chi connectivity index (χ2v) is 12.1. The smallest absolute Gasteiger partial charge is 0.401 e. The number of nitrogens with two attached hydrogens (primary N) is 2. The Labute approximate surface area is 226 Å². The molecule has 212 valence electrons. The SMILES string of the molecule is CC(C)(N)CC(N)C(C)(C)C(=O)OC1CCC(Oc2ccc3cc(-c4ccccc4)oc3c2)C1(C)C(F)(F)F. The van der Waals surface area contributed by atoms with Crippen molar-refractivity contribution in [2.75, 3.05) is 0 Å². The van der Waals surface area contributed by atoms with Crippen molar-refractivity contribution in [2.24, 2.45) is 22.3 Å². The van der Waals surface area contributed by atoms with Crippen LogP contribution in [0.1, 0.15) is 53.9 Å². The van der Waals surface area contributed by atoms with Gasteiger partial charge in [0.05, 0.1) is 5.41 Å². The van der Waals surface area contributed by atoms with E-state index in [-0.39, 0.29) is 18.6 Å². The van der Waals surface area contributed by atoms with Gasteiger partial charge in [0.2, 0.25) is 0 Å². The minimum Gasteiger partial charge on any atom is -0.489 e. The maximum absolute atomic E-state index is 14.6. The summed E-state index contributed by atoms with van der Waals surface area (Å²) >= 11 is 0. The van der Waals surface area contributed by atoms with Gasteiger partial charge in [-0.1, -0.05) is 30.3 Å². The van der Waals surface area contributed by atoms with E-state index in [1.165, 1.54) is 0 Å². The Morgan fingerprint density at radius 3 is 2.31 bits per heavy atom. The minimum atomic E-state index is -4.69. The van der Waals surface area contributed by atoms with E-state index in [2.05, 4.69) is 0 Å². The van der Waals surface area contributed by atoms with Gasteiger partial charge in [-0.2, -0.15) is 13.2 Å². The van der Waals surface area contributed by atoms with Crippen LogP contribution in [0.5, 0.6) is 5.75 Å². The van der Waals surface area contributed by atoms with E-state index < -0.39 is 46.8 Å². The molecular formula is C30H37F3N2O4. The Hall–Kier alpha value is -3.04. The largest absolute Gasteiger partial charge is 0.489 e. The molecule has 0 spiro atoms. The van der Waals surface area contributed by atoms with Gasteiger partial charge in [0, 0.05) is 28.6 Å². The highest BCUT2D eigenvalue weighted by molar-refractivity contribution is 5.84. The molecule has 0 saturated heterocycles. The number of rotatable bonds is 8. The van der Waals surface area contributed by atoms with Crippen LogP contribution in [0.3, 0.4) is 0 Å². The summed E-state index contributed by atoms with van der Waals surface area (Å²) in [7, 11) is 0. The lowest BCUT2D eigenvalue weighted by Gasteiger charge is -2.40. The molecule has 9 heteroatoms. The van der Waals surface area contributed by atoms with E-state index in [4.69, 9.17) is 25.4 Å². The van der Waals surface area contributed by atoms with Gasteiger partial charge in [0.25, 0.3) is 0 Å². The molecule has 2 aromatic carbocycles. The highest BCUT2D eigenvalue weighted by Gasteiger charge is 2.66. The first kappa shape index (κ1) is 29.0. The van der Waals surface area contributed by atoms with Crippen LogP contribution in [-0.2, 0) is 9.53 Å². The Balaban J connectivity index is 1.55. The number of furan rings is 1. The van der Waals surface area contributed by atoms with Crippen molar-refractivity contribution < 1.29 is 31.9 Å². The van der Waals surface area contributed by atoms with E-state index in [0.29, 0.717) is 17.8 Å². The fraction of sp³-hybridized carbons (Fsp3) is 0.500. The lowest BCUT2D eigenvalue weighted by Crippen LogP contribution is -2.54. The predicted molar refractivity (Wildman–Crippen MR) is 144 cm³/mol. The number of esters is 1. The molecule has 0 aliphatic heterocycles. The molecule has 6 nitrogen and oxygen atoms in total. The summed E-state index contributed by atoms with van der Waals surface area (Å²) in [6.45, 7) is 7.74. The van der Waals surface area contributed by atoms with Gasteiger partial charge in [0.15, 0.2) is 0 Å². The molecule has 1 heterocycles. The van der Waals surface area contributed by atoms with Crippen LogP contribution in [0.15, 0.2) is 59.0 Å². The third kappa shape index (κ3) is 5.79. The van der Waals surface area contributed by atoms with Gasteiger partial charge < -0.3 is 25.4 Å². The fourth-order valence-electron chi connectivity index (χ4n) is 5.09. The zero-order chi connectivity index (χ0) is 28.8. The number of benzene rings is 2. The first-order chi connectivity index (χ1) is 18.0. The molecule has 1 aliphatic rings. The lowest BCUT2D eigenvalue weighted by molar-refractivity contribution is -0.265. The highest BCUT2D eigenvalue weighted by Crippen LogP contribution is 2.53. The van der Waals surface area contributed by atoms with Crippen molar-refractivity contribution >= 4 is 16.9 Å². The number of hydrogen-bond acceptors (Lipinski definition) is 6. The van der Waals surface area contributed by atoms with Gasteiger partial charge in [-0.05, 0) is 72.1 Å². The van der Waals surface area contributed by atoms with E-state index in [0.717, 1.165) is 17.9 Å². The van der Waals surface area contributed by atoms with Gasteiger partial charge in [-0.3, -0.25) is 4.79 Å². The number of ether oxygens (including phenoxy) is 2. The van der Waals surface area contributed by atoms with Crippen LogP contribution in [0.2, 0.25) is 0 Å². The van der Waals surface area contributed by atoms with Gasteiger partial charge in [-0.25, -0.2) is 0 Å². The summed E-state index contributed by atoms with van der Waals surface area (Å²) in [6.07, 6.45) is -7.04. The highest BCUT2D eigenvalue weighted by atomic mass is 19.4. The minimum absolute atomic E-state index is 0.00126. The number of fused-ring (bicyclic) bond motifs is 1. The number of alkyl halides is 3. The number of carbonyl (C=O) groups is 1. The first-order valence-electron chi connectivity index (χ1n) is 13.1. The monoisotopic (exact) mass is 546 g/mol. The van der Waals surface area contributed by atoms with Crippen molar-refractivity contribution in [3.8, 4) is 17.1 Å². The Morgan fingerprint density at radius 1 is 1.05 bits per heavy atom. The maximum atomic E-state index is 14.6. The normalized spacial score (nSPS) is 23.1. The Kier molecular flexibility index (Phi) is 7.55. The molecule has 0 radical (unpaired) electrons. The van der Waals surface area contributed by atoms with E-state index in [9.17, 15) is 18.0 Å². The van der Waals surface area contributed by atoms with E-state index in [1.807, 2.05) is 36.4 Å². The van der Waals surface area contributed by atoms with E-state index in [1.54, 1.807) is 45.9 Å². The quantitative estimate of drug-likeness (QED) is 0.309. The van der Waals surface area contributed by atoms with Crippen molar-refractivity contribution in [2.45, 2.75) is 83.8 Å². The second-order valence-electron chi connectivity index (χ2n) is 12.1. The molecule has 3 aromatic rings. The van der Waals surface area contributed by atoms with Gasteiger partial charge in [-0.15, -0.1) is 0 Å². The predicted octanol–water partition coefficient (Wildman–Crippen LogP) is 6.60. The third-order valence-electron chi connectivity index (χ3n) is 7.92. The topological polar surface area (TPSA) is 101 Å². The van der Waals surface area contributed by atoms with Crippen molar-refractivity contribution in [1.29, 1.82) is 0 Å². The van der Waals surface area contributed by atoms with E-state index >= 15 is 0 Å². The fourth-order valence-corrected chi connectivity index (χ4v) is 5.09. The average Bonchev–Trinajstić information content (AvgIpc) is 3.40. The Morgan fingerprint density at radius 2 is 1.69 bits per heavy atom. The average molecular weight is 547 g/mol. The Bertz CT molecular complexity index is 1310. The van der Waals surface area contributed by atoms with Crippen LogP contribution in [0.25, 0.3) is 22.3 Å². The molecule has 4 N–H and O–H groups in total. The van der Waals surface area contributed by atoms with Crippen LogP contribution in [0.4, 0.5) is 13.2 Å². The molecule has 0 bridgehead atoms. The zero-order valence-electron chi connectivity index (χ0n) is 23.0. The first-order valence-corrected chi connectivity index (χ1v) is 13.1. The van der Waals surface area contributed by atoms with Crippen molar-refractivity contribution in [3.63, 3.8) is 0 Å². The van der Waals surface area contributed by atoms with Crippen molar-refractivity contribution in [1.82, 2.24) is 0 Å². The molecule has 1 fully saturated rings. The number of hydrogen-bond donors (Lipinski definition) is 2. The third-order valence-corrected chi connectivity index (χ3v) is 7.92. The summed E-state index contributed by atoms with van der Waals surface area (Å²) in [5, 5.41) is 0.803. The molecule has 4 unspecified atom stereocenters. The molecule has 1 aromatic heterocycles. The molecule has 1 saturated carbocycles.